The quantitative estimate of drug-likeness (QED) is 0.144. The standard InChI is InChI=1S/C24H35O4/c1-3-5-7-9-11-13-15-24(27)28-23-17-16-20(18-21(23)19-25)22(26)14-12-10-8-6-4-2/h16-18H,3-15H2,1-2H3. The van der Waals surface area contributed by atoms with Crippen molar-refractivity contribution in [3.8, 4) is 5.75 Å². The largest absolute Gasteiger partial charge is 0.426 e. The highest BCUT2D eigenvalue weighted by Crippen LogP contribution is 2.21. The van der Waals surface area contributed by atoms with Gasteiger partial charge in [-0.25, -0.2) is 0 Å². The Morgan fingerprint density at radius 3 is 2.00 bits per heavy atom. The molecule has 155 valence electrons. The molecule has 0 aromatic heterocycles. The lowest BCUT2D eigenvalue weighted by molar-refractivity contribution is -0.134. The predicted molar refractivity (Wildman–Crippen MR) is 113 cm³/mol. The molecule has 0 aliphatic rings. The Bertz CT molecular complexity index is 607. The summed E-state index contributed by atoms with van der Waals surface area (Å²) in [7, 11) is 0. The maximum Gasteiger partial charge on any atom is 0.311 e. The van der Waals surface area contributed by atoms with E-state index >= 15 is 0 Å². The molecule has 1 aromatic carbocycles. The van der Waals surface area contributed by atoms with Gasteiger partial charge in [0.15, 0.2) is 5.78 Å². The first-order chi connectivity index (χ1) is 13.6. The molecule has 0 heterocycles. The number of ketones is 1. The van der Waals surface area contributed by atoms with E-state index in [0.29, 0.717) is 18.4 Å². The van der Waals surface area contributed by atoms with Crippen LogP contribution in [-0.2, 0) is 9.59 Å². The lowest BCUT2D eigenvalue weighted by Gasteiger charge is -2.08. The van der Waals surface area contributed by atoms with E-state index in [0.717, 1.165) is 38.5 Å². The SMILES string of the molecule is CCCCCCCCC(=O)Oc1ccc(C(=O)CCCCCCC)cc1[C]=O. The fourth-order valence-corrected chi connectivity index (χ4v) is 3.13. The Morgan fingerprint density at radius 1 is 0.821 bits per heavy atom. The van der Waals surface area contributed by atoms with Crippen LogP contribution >= 0.6 is 0 Å². The summed E-state index contributed by atoms with van der Waals surface area (Å²) in [5, 5.41) is 0. The summed E-state index contributed by atoms with van der Waals surface area (Å²) in [6.07, 6.45) is 14.6. The van der Waals surface area contributed by atoms with E-state index in [1.807, 2.05) is 0 Å². The molecule has 28 heavy (non-hydrogen) atoms. The number of carbonyl (C=O) groups is 2. The minimum atomic E-state index is -0.345. The Hall–Kier alpha value is -1.97. The topological polar surface area (TPSA) is 60.4 Å². The van der Waals surface area contributed by atoms with Crippen LogP contribution in [0.5, 0.6) is 5.75 Å². The molecule has 0 bridgehead atoms. The first-order valence-corrected chi connectivity index (χ1v) is 10.9. The lowest BCUT2D eigenvalue weighted by atomic mass is 10.0. The minimum absolute atomic E-state index is 0.0120. The van der Waals surface area contributed by atoms with Crippen molar-refractivity contribution in [2.24, 2.45) is 0 Å². The molecule has 0 aliphatic carbocycles. The van der Waals surface area contributed by atoms with Crippen molar-refractivity contribution in [1.82, 2.24) is 0 Å². The molecule has 0 amide bonds. The van der Waals surface area contributed by atoms with Gasteiger partial charge in [0.05, 0.1) is 5.56 Å². The molecule has 1 aromatic rings. The third-order valence-electron chi connectivity index (χ3n) is 4.88. The van der Waals surface area contributed by atoms with E-state index in [-0.39, 0.29) is 23.1 Å². The number of hydrogen-bond donors (Lipinski definition) is 0. The van der Waals surface area contributed by atoms with Crippen LogP contribution in [0.15, 0.2) is 18.2 Å². The Kier molecular flexibility index (Phi) is 12.9. The summed E-state index contributed by atoms with van der Waals surface area (Å²) in [6, 6.07) is 4.64. The van der Waals surface area contributed by atoms with Crippen LogP contribution in [0.1, 0.15) is 113 Å². The second-order valence-corrected chi connectivity index (χ2v) is 7.39. The highest BCUT2D eigenvalue weighted by Gasteiger charge is 2.13. The fraction of sp³-hybridized carbons (Fsp3) is 0.625. The molecule has 0 N–H and O–H groups in total. The van der Waals surface area contributed by atoms with E-state index < -0.39 is 0 Å². The summed E-state index contributed by atoms with van der Waals surface area (Å²) in [4.78, 5) is 35.5. The van der Waals surface area contributed by atoms with Gasteiger partial charge >= 0.3 is 5.97 Å². The van der Waals surface area contributed by atoms with Crippen molar-refractivity contribution < 1.29 is 19.1 Å². The molecule has 0 saturated carbocycles. The minimum Gasteiger partial charge on any atom is -0.426 e. The number of esters is 1. The molecule has 0 atom stereocenters. The second-order valence-electron chi connectivity index (χ2n) is 7.39. The van der Waals surface area contributed by atoms with Gasteiger partial charge in [-0.05, 0) is 31.0 Å². The zero-order valence-electron chi connectivity index (χ0n) is 17.6. The highest BCUT2D eigenvalue weighted by molar-refractivity contribution is 5.98. The van der Waals surface area contributed by atoms with E-state index in [1.165, 1.54) is 44.2 Å². The van der Waals surface area contributed by atoms with Crippen LogP contribution in [0.25, 0.3) is 0 Å². The van der Waals surface area contributed by atoms with Gasteiger partial charge in [0, 0.05) is 18.4 Å². The van der Waals surface area contributed by atoms with Crippen molar-refractivity contribution in [3.63, 3.8) is 0 Å². The Morgan fingerprint density at radius 2 is 1.39 bits per heavy atom. The van der Waals surface area contributed by atoms with Crippen LogP contribution in [0.4, 0.5) is 0 Å². The van der Waals surface area contributed by atoms with Gasteiger partial charge in [-0.15, -0.1) is 0 Å². The van der Waals surface area contributed by atoms with E-state index in [2.05, 4.69) is 13.8 Å². The highest BCUT2D eigenvalue weighted by atomic mass is 16.5. The molecule has 4 heteroatoms. The molecule has 1 radical (unpaired) electrons. The molecule has 0 fully saturated rings. The van der Waals surface area contributed by atoms with Gasteiger partial charge in [-0.1, -0.05) is 71.6 Å². The van der Waals surface area contributed by atoms with Gasteiger partial charge in [-0.2, -0.15) is 0 Å². The Balaban J connectivity index is 2.47. The van der Waals surface area contributed by atoms with Crippen LogP contribution in [0.2, 0.25) is 0 Å². The zero-order valence-corrected chi connectivity index (χ0v) is 17.6. The number of unbranched alkanes of at least 4 members (excludes halogenated alkanes) is 9. The average Bonchev–Trinajstić information content (AvgIpc) is 2.70. The number of rotatable bonds is 16. The second kappa shape index (κ2) is 15.0. The Labute approximate surface area is 170 Å². The molecule has 0 unspecified atom stereocenters. The van der Waals surface area contributed by atoms with Crippen molar-refractivity contribution in [2.75, 3.05) is 0 Å². The normalized spacial score (nSPS) is 10.6. The number of carbonyl (C=O) groups excluding carboxylic acids is 3. The number of Topliss-reactive ketones (excluding diaryl/α,β-unsaturated/α-hetero) is 1. The van der Waals surface area contributed by atoms with Crippen LogP contribution in [-0.4, -0.2) is 18.0 Å². The number of ether oxygens (including phenoxy) is 1. The van der Waals surface area contributed by atoms with Gasteiger partial charge in [0.2, 0.25) is 6.29 Å². The average molecular weight is 388 g/mol. The van der Waals surface area contributed by atoms with Crippen molar-refractivity contribution >= 4 is 18.0 Å². The van der Waals surface area contributed by atoms with Crippen LogP contribution in [0.3, 0.4) is 0 Å². The summed E-state index contributed by atoms with van der Waals surface area (Å²) in [5.41, 5.74) is 0.609. The number of hydrogen-bond acceptors (Lipinski definition) is 4. The molecule has 0 spiro atoms. The summed E-state index contributed by atoms with van der Waals surface area (Å²) < 4.78 is 5.31. The van der Waals surface area contributed by atoms with Crippen molar-refractivity contribution in [1.29, 1.82) is 0 Å². The van der Waals surface area contributed by atoms with Gasteiger partial charge in [0.1, 0.15) is 5.75 Å². The number of benzene rings is 1. The van der Waals surface area contributed by atoms with Gasteiger partial charge in [0.25, 0.3) is 0 Å². The monoisotopic (exact) mass is 387 g/mol. The van der Waals surface area contributed by atoms with Crippen LogP contribution in [0, 0.1) is 0 Å². The molecule has 0 aliphatic heterocycles. The molecular weight excluding hydrogens is 352 g/mol. The first kappa shape index (κ1) is 24.1. The van der Waals surface area contributed by atoms with E-state index in [1.54, 1.807) is 12.4 Å². The predicted octanol–water partition coefficient (Wildman–Crippen LogP) is 6.34. The zero-order chi connectivity index (χ0) is 20.6. The van der Waals surface area contributed by atoms with Gasteiger partial charge < -0.3 is 4.74 Å². The third kappa shape index (κ3) is 9.82. The molecule has 0 saturated heterocycles. The van der Waals surface area contributed by atoms with Crippen LogP contribution < -0.4 is 4.74 Å². The first-order valence-electron chi connectivity index (χ1n) is 10.9. The summed E-state index contributed by atoms with van der Waals surface area (Å²) in [5.74, 6) is -0.148. The smallest absolute Gasteiger partial charge is 0.311 e. The van der Waals surface area contributed by atoms with Gasteiger partial charge in [-0.3, -0.25) is 14.4 Å². The maximum atomic E-state index is 12.3. The lowest BCUT2D eigenvalue weighted by Crippen LogP contribution is -2.10. The summed E-state index contributed by atoms with van der Waals surface area (Å²) in [6.45, 7) is 4.33. The molecular formula is C24H35O4. The maximum absolute atomic E-state index is 12.3. The van der Waals surface area contributed by atoms with E-state index in [4.69, 9.17) is 4.74 Å². The van der Waals surface area contributed by atoms with Crippen molar-refractivity contribution in [2.45, 2.75) is 97.3 Å². The molecule has 4 nitrogen and oxygen atoms in total. The van der Waals surface area contributed by atoms with Crippen molar-refractivity contribution in [3.05, 3.63) is 29.3 Å². The molecule has 1 rings (SSSR count). The third-order valence-corrected chi connectivity index (χ3v) is 4.88. The van der Waals surface area contributed by atoms with E-state index in [9.17, 15) is 14.4 Å². The fourth-order valence-electron chi connectivity index (χ4n) is 3.13. The summed E-state index contributed by atoms with van der Waals surface area (Å²) >= 11 is 0.